The van der Waals surface area contributed by atoms with E-state index in [2.05, 4.69) is 36.2 Å². The molecule has 2 unspecified atom stereocenters. The van der Waals surface area contributed by atoms with Gasteiger partial charge in [0.2, 0.25) is 5.91 Å². The lowest BCUT2D eigenvalue weighted by Gasteiger charge is -2.38. The van der Waals surface area contributed by atoms with E-state index in [1.165, 1.54) is 26.2 Å². The fourth-order valence-corrected chi connectivity index (χ4v) is 3.51. The van der Waals surface area contributed by atoms with Gasteiger partial charge in [-0.15, -0.1) is 0 Å². The monoisotopic (exact) mass is 311 g/mol. The normalized spacial score (nSPS) is 22.2. The first-order chi connectivity index (χ1) is 11.0. The number of hydrogen-bond acceptors (Lipinski definition) is 3. The zero-order chi connectivity index (χ0) is 16.4. The molecule has 122 valence electrons. The van der Waals surface area contributed by atoms with Crippen LogP contribution in [-0.4, -0.2) is 27.9 Å². The molecular formula is C19H25N3O. The number of carbonyl (C=O) groups is 1. The van der Waals surface area contributed by atoms with Gasteiger partial charge in [-0.05, 0) is 51.0 Å². The van der Waals surface area contributed by atoms with Gasteiger partial charge in [0.05, 0.1) is 11.2 Å². The molecule has 1 saturated heterocycles. The third-order valence-corrected chi connectivity index (χ3v) is 4.79. The van der Waals surface area contributed by atoms with Crippen LogP contribution in [-0.2, 0) is 11.3 Å². The van der Waals surface area contributed by atoms with E-state index >= 15 is 0 Å². The minimum atomic E-state index is -0.0537. The van der Waals surface area contributed by atoms with E-state index in [1.807, 2.05) is 18.2 Å². The molecule has 1 aromatic carbocycles. The van der Waals surface area contributed by atoms with Gasteiger partial charge in [0.1, 0.15) is 0 Å². The van der Waals surface area contributed by atoms with Crippen LogP contribution in [0.15, 0.2) is 30.3 Å². The highest BCUT2D eigenvalue weighted by Gasteiger charge is 2.24. The number of pyridine rings is 1. The van der Waals surface area contributed by atoms with Crippen molar-refractivity contribution in [3.63, 3.8) is 0 Å². The second-order valence-electron chi connectivity index (χ2n) is 6.69. The van der Waals surface area contributed by atoms with Gasteiger partial charge in [-0.2, -0.15) is 0 Å². The Balaban J connectivity index is 1.81. The molecule has 0 saturated carbocycles. The molecule has 0 bridgehead atoms. The maximum absolute atomic E-state index is 11.2. The predicted octanol–water partition coefficient (Wildman–Crippen LogP) is 3.96. The number of hydrogen-bond donors (Lipinski definition) is 1. The lowest BCUT2D eigenvalue weighted by molar-refractivity contribution is -0.114. The van der Waals surface area contributed by atoms with Crippen LogP contribution in [0, 0.1) is 0 Å². The van der Waals surface area contributed by atoms with Gasteiger partial charge in [0.15, 0.2) is 0 Å². The number of amides is 1. The molecule has 2 aromatic rings. The smallest absolute Gasteiger partial charge is 0.221 e. The van der Waals surface area contributed by atoms with Crippen LogP contribution in [0.25, 0.3) is 10.9 Å². The summed E-state index contributed by atoms with van der Waals surface area (Å²) in [6.07, 6.45) is 3.88. The Bertz CT molecular complexity index is 703. The third kappa shape index (κ3) is 3.70. The van der Waals surface area contributed by atoms with E-state index in [4.69, 9.17) is 4.98 Å². The minimum absolute atomic E-state index is 0.0537. The van der Waals surface area contributed by atoms with Gasteiger partial charge in [-0.25, -0.2) is 0 Å². The zero-order valence-corrected chi connectivity index (χ0v) is 14.2. The van der Waals surface area contributed by atoms with Crippen LogP contribution in [0.1, 0.15) is 45.7 Å². The molecule has 1 amide bonds. The number of nitrogens with one attached hydrogen (secondary N) is 1. The number of benzene rings is 1. The predicted molar refractivity (Wildman–Crippen MR) is 94.4 cm³/mol. The van der Waals surface area contributed by atoms with Crippen LogP contribution in [0.5, 0.6) is 0 Å². The molecule has 0 radical (unpaired) electrons. The number of carbonyl (C=O) groups excluding carboxylic acids is 1. The average molecular weight is 311 g/mol. The summed E-state index contributed by atoms with van der Waals surface area (Å²) in [6, 6.07) is 11.3. The van der Waals surface area contributed by atoms with E-state index < -0.39 is 0 Å². The number of aromatic nitrogens is 1. The summed E-state index contributed by atoms with van der Waals surface area (Å²) < 4.78 is 0. The fraction of sp³-hybridized carbons (Fsp3) is 0.474. The van der Waals surface area contributed by atoms with Crippen molar-refractivity contribution in [2.75, 3.05) is 5.32 Å². The van der Waals surface area contributed by atoms with Gasteiger partial charge in [-0.1, -0.05) is 12.5 Å². The van der Waals surface area contributed by atoms with Crippen LogP contribution in [0.3, 0.4) is 0 Å². The van der Waals surface area contributed by atoms with E-state index in [9.17, 15) is 4.79 Å². The summed E-state index contributed by atoms with van der Waals surface area (Å²) in [5.74, 6) is -0.0537. The molecule has 4 nitrogen and oxygen atoms in total. The summed E-state index contributed by atoms with van der Waals surface area (Å²) in [5.41, 5.74) is 2.91. The molecule has 3 rings (SSSR count). The highest BCUT2D eigenvalue weighted by molar-refractivity contribution is 5.92. The van der Waals surface area contributed by atoms with Crippen molar-refractivity contribution in [2.24, 2.45) is 0 Å². The Morgan fingerprint density at radius 2 is 1.96 bits per heavy atom. The maximum Gasteiger partial charge on any atom is 0.221 e. The average Bonchev–Trinajstić information content (AvgIpc) is 2.50. The van der Waals surface area contributed by atoms with E-state index in [0.29, 0.717) is 12.1 Å². The van der Waals surface area contributed by atoms with Crippen LogP contribution in [0.2, 0.25) is 0 Å². The quantitative estimate of drug-likeness (QED) is 0.933. The SMILES string of the molecule is CC(=O)Nc1ccc2nc(CN3C(C)CCCC3C)ccc2c1. The second kappa shape index (κ2) is 6.67. The standard InChI is InChI=1S/C19H25N3O/c1-13-5-4-6-14(2)22(13)12-18-8-7-16-11-17(20-15(3)23)9-10-19(16)21-18/h7-11,13-14H,4-6,12H2,1-3H3,(H,20,23). The van der Waals surface area contributed by atoms with Gasteiger partial charge in [-0.3, -0.25) is 14.7 Å². The van der Waals surface area contributed by atoms with Crippen molar-refractivity contribution in [2.45, 2.75) is 58.7 Å². The number of rotatable bonds is 3. The first kappa shape index (κ1) is 15.9. The van der Waals surface area contributed by atoms with Crippen molar-refractivity contribution < 1.29 is 4.79 Å². The Morgan fingerprint density at radius 1 is 1.22 bits per heavy atom. The zero-order valence-electron chi connectivity index (χ0n) is 14.2. The third-order valence-electron chi connectivity index (χ3n) is 4.79. The number of anilines is 1. The van der Waals surface area contributed by atoms with E-state index in [1.54, 1.807) is 0 Å². The molecule has 2 atom stereocenters. The van der Waals surface area contributed by atoms with Crippen LogP contribution in [0.4, 0.5) is 5.69 Å². The van der Waals surface area contributed by atoms with Crippen molar-refractivity contribution >= 4 is 22.5 Å². The number of likely N-dealkylation sites (tertiary alicyclic amines) is 1. The Labute approximate surface area is 137 Å². The fourth-order valence-electron chi connectivity index (χ4n) is 3.51. The van der Waals surface area contributed by atoms with Gasteiger partial charge < -0.3 is 5.32 Å². The number of piperidine rings is 1. The molecule has 2 heterocycles. The number of fused-ring (bicyclic) bond motifs is 1. The Morgan fingerprint density at radius 3 is 2.65 bits per heavy atom. The second-order valence-corrected chi connectivity index (χ2v) is 6.69. The molecular weight excluding hydrogens is 286 g/mol. The molecule has 0 aliphatic carbocycles. The highest BCUT2D eigenvalue weighted by Crippen LogP contribution is 2.25. The lowest BCUT2D eigenvalue weighted by atomic mass is 9.97. The van der Waals surface area contributed by atoms with Crippen LogP contribution < -0.4 is 5.32 Å². The summed E-state index contributed by atoms with van der Waals surface area (Å²) in [4.78, 5) is 18.5. The van der Waals surface area contributed by atoms with Crippen molar-refractivity contribution in [3.05, 3.63) is 36.0 Å². The Hall–Kier alpha value is -1.94. The lowest BCUT2D eigenvalue weighted by Crippen LogP contribution is -2.43. The van der Waals surface area contributed by atoms with Crippen LogP contribution >= 0.6 is 0 Å². The topological polar surface area (TPSA) is 45.2 Å². The summed E-state index contributed by atoms with van der Waals surface area (Å²) >= 11 is 0. The molecule has 23 heavy (non-hydrogen) atoms. The maximum atomic E-state index is 11.2. The van der Waals surface area contributed by atoms with E-state index in [-0.39, 0.29) is 5.91 Å². The van der Waals surface area contributed by atoms with E-state index in [0.717, 1.165) is 28.8 Å². The van der Waals surface area contributed by atoms with Crippen molar-refractivity contribution in [1.82, 2.24) is 9.88 Å². The molecule has 1 aliphatic heterocycles. The summed E-state index contributed by atoms with van der Waals surface area (Å²) in [5, 5.41) is 3.87. The Kier molecular flexibility index (Phi) is 4.62. The largest absolute Gasteiger partial charge is 0.326 e. The molecule has 0 spiro atoms. The summed E-state index contributed by atoms with van der Waals surface area (Å²) in [6.45, 7) is 7.06. The summed E-state index contributed by atoms with van der Waals surface area (Å²) in [7, 11) is 0. The molecule has 1 N–H and O–H groups in total. The first-order valence-corrected chi connectivity index (χ1v) is 8.46. The minimum Gasteiger partial charge on any atom is -0.326 e. The van der Waals surface area contributed by atoms with Crippen molar-refractivity contribution in [3.8, 4) is 0 Å². The van der Waals surface area contributed by atoms with Gasteiger partial charge >= 0.3 is 0 Å². The number of nitrogens with zero attached hydrogens (tertiary/aromatic N) is 2. The highest BCUT2D eigenvalue weighted by atomic mass is 16.1. The van der Waals surface area contributed by atoms with Gasteiger partial charge in [0, 0.05) is 36.6 Å². The van der Waals surface area contributed by atoms with Crippen molar-refractivity contribution in [1.29, 1.82) is 0 Å². The molecule has 1 aliphatic rings. The molecule has 1 aromatic heterocycles. The first-order valence-electron chi connectivity index (χ1n) is 8.46. The van der Waals surface area contributed by atoms with Gasteiger partial charge in [0.25, 0.3) is 0 Å². The molecule has 1 fully saturated rings. The molecule has 4 heteroatoms.